The van der Waals surface area contributed by atoms with E-state index in [1.54, 1.807) is 6.07 Å². The highest BCUT2D eigenvalue weighted by atomic mass is 32.2. The number of aromatic nitrogens is 1. The van der Waals surface area contributed by atoms with E-state index in [-0.39, 0.29) is 10.6 Å². The summed E-state index contributed by atoms with van der Waals surface area (Å²) in [5, 5.41) is 14.4. The average molecular weight is 255 g/mol. The Morgan fingerprint density at radius 3 is 2.82 bits per heavy atom. The Bertz CT molecular complexity index is 385. The second-order valence-electron chi connectivity index (χ2n) is 3.51. The van der Waals surface area contributed by atoms with Crippen LogP contribution in [0.25, 0.3) is 0 Å². The smallest absolute Gasteiger partial charge is 0.301 e. The van der Waals surface area contributed by atoms with E-state index in [4.69, 9.17) is 0 Å². The fourth-order valence-corrected chi connectivity index (χ4v) is 2.35. The molecule has 0 saturated heterocycles. The van der Waals surface area contributed by atoms with Crippen molar-refractivity contribution >= 4 is 23.3 Å². The van der Waals surface area contributed by atoms with Crippen LogP contribution >= 0.6 is 11.8 Å². The first-order chi connectivity index (χ1) is 8.19. The molecule has 0 radical (unpaired) electrons. The van der Waals surface area contributed by atoms with Gasteiger partial charge in [0.1, 0.15) is 5.82 Å². The number of hydrogen-bond acceptors (Lipinski definition) is 5. The van der Waals surface area contributed by atoms with Crippen molar-refractivity contribution in [2.75, 3.05) is 17.6 Å². The van der Waals surface area contributed by atoms with Crippen molar-refractivity contribution in [3.63, 3.8) is 0 Å². The molecule has 1 heterocycles. The summed E-state index contributed by atoms with van der Waals surface area (Å²) in [6, 6.07) is 3.16. The molecule has 0 aromatic carbocycles. The maximum Gasteiger partial charge on any atom is 0.301 e. The summed E-state index contributed by atoms with van der Waals surface area (Å²) in [5.74, 6) is 1.55. The van der Waals surface area contributed by atoms with Gasteiger partial charge in [0.25, 0.3) is 0 Å². The van der Waals surface area contributed by atoms with E-state index in [1.807, 2.05) is 6.92 Å². The summed E-state index contributed by atoms with van der Waals surface area (Å²) in [4.78, 5) is 14.7. The van der Waals surface area contributed by atoms with E-state index >= 15 is 0 Å². The third kappa shape index (κ3) is 4.22. The molecule has 0 bridgehead atoms. The number of anilines is 1. The van der Waals surface area contributed by atoms with Gasteiger partial charge in [-0.1, -0.05) is 25.1 Å². The average Bonchev–Trinajstić information content (AvgIpc) is 2.30. The predicted molar refractivity (Wildman–Crippen MR) is 70.7 cm³/mol. The lowest BCUT2D eigenvalue weighted by atomic mass is 10.4. The molecule has 0 fully saturated rings. The zero-order valence-corrected chi connectivity index (χ0v) is 10.9. The van der Waals surface area contributed by atoms with Gasteiger partial charge in [0, 0.05) is 12.6 Å². The first-order valence-corrected chi connectivity index (χ1v) is 6.69. The van der Waals surface area contributed by atoms with Gasteiger partial charge in [-0.25, -0.2) is 4.98 Å². The second kappa shape index (κ2) is 7.11. The standard InChI is InChI=1S/C11H17N3O2S/c1-3-5-8-17-11-9(14(15)16)6-7-10(13-11)12-4-2/h6-7H,3-5,8H2,1-2H3,(H,12,13). The van der Waals surface area contributed by atoms with Gasteiger partial charge in [0.2, 0.25) is 0 Å². The first kappa shape index (κ1) is 13.8. The summed E-state index contributed by atoms with van der Waals surface area (Å²) in [7, 11) is 0. The number of pyridine rings is 1. The second-order valence-corrected chi connectivity index (χ2v) is 4.59. The number of rotatable bonds is 7. The van der Waals surface area contributed by atoms with Gasteiger partial charge >= 0.3 is 5.69 Å². The minimum absolute atomic E-state index is 0.0905. The molecule has 5 nitrogen and oxygen atoms in total. The van der Waals surface area contributed by atoms with Gasteiger partial charge in [-0.3, -0.25) is 10.1 Å². The van der Waals surface area contributed by atoms with Crippen molar-refractivity contribution in [3.8, 4) is 0 Å². The fraction of sp³-hybridized carbons (Fsp3) is 0.545. The molecular weight excluding hydrogens is 238 g/mol. The molecule has 0 aliphatic carbocycles. The molecule has 1 aromatic heterocycles. The SMILES string of the molecule is CCCCSc1nc(NCC)ccc1[N+](=O)[O-]. The van der Waals surface area contributed by atoms with Crippen LogP contribution in [0.1, 0.15) is 26.7 Å². The van der Waals surface area contributed by atoms with Gasteiger partial charge in [-0.2, -0.15) is 0 Å². The Morgan fingerprint density at radius 2 is 2.24 bits per heavy atom. The lowest BCUT2D eigenvalue weighted by Crippen LogP contribution is -2.02. The Kier molecular flexibility index (Phi) is 5.76. The Labute approximate surface area is 105 Å². The van der Waals surface area contributed by atoms with E-state index in [0.717, 1.165) is 25.1 Å². The monoisotopic (exact) mass is 255 g/mol. The predicted octanol–water partition coefficient (Wildman–Crippen LogP) is 3.31. The number of hydrogen-bond donors (Lipinski definition) is 1. The highest BCUT2D eigenvalue weighted by Gasteiger charge is 2.15. The summed E-state index contributed by atoms with van der Waals surface area (Å²) in [6.07, 6.45) is 2.11. The zero-order chi connectivity index (χ0) is 12.7. The van der Waals surface area contributed by atoms with Crippen LogP contribution in [0, 0.1) is 10.1 Å². The molecule has 0 aliphatic heterocycles. The molecule has 17 heavy (non-hydrogen) atoms. The Balaban J connectivity index is 2.86. The van der Waals surface area contributed by atoms with Crippen molar-refractivity contribution < 1.29 is 4.92 Å². The molecule has 0 unspecified atom stereocenters. The lowest BCUT2D eigenvalue weighted by Gasteiger charge is -2.05. The van der Waals surface area contributed by atoms with E-state index in [0.29, 0.717) is 10.8 Å². The van der Waals surface area contributed by atoms with Gasteiger partial charge in [0.15, 0.2) is 5.03 Å². The highest BCUT2D eigenvalue weighted by molar-refractivity contribution is 7.99. The van der Waals surface area contributed by atoms with Crippen molar-refractivity contribution in [1.29, 1.82) is 0 Å². The molecular formula is C11H17N3O2S. The van der Waals surface area contributed by atoms with Crippen molar-refractivity contribution in [2.45, 2.75) is 31.7 Å². The fourth-order valence-electron chi connectivity index (χ4n) is 1.27. The first-order valence-electron chi connectivity index (χ1n) is 5.71. The van der Waals surface area contributed by atoms with E-state index in [9.17, 15) is 10.1 Å². The Hall–Kier alpha value is -1.30. The van der Waals surface area contributed by atoms with Crippen LogP contribution in [0.3, 0.4) is 0 Å². The minimum atomic E-state index is -0.378. The number of nitro groups is 1. The molecule has 94 valence electrons. The molecule has 1 rings (SSSR count). The van der Waals surface area contributed by atoms with E-state index < -0.39 is 0 Å². The number of nitrogens with one attached hydrogen (secondary N) is 1. The van der Waals surface area contributed by atoms with Crippen LogP contribution in [-0.2, 0) is 0 Å². The van der Waals surface area contributed by atoms with E-state index in [1.165, 1.54) is 17.8 Å². The topological polar surface area (TPSA) is 68.1 Å². The van der Waals surface area contributed by atoms with Gasteiger partial charge in [-0.15, -0.1) is 0 Å². The van der Waals surface area contributed by atoms with Gasteiger partial charge in [-0.05, 0) is 25.2 Å². The molecule has 6 heteroatoms. The molecule has 0 atom stereocenters. The third-order valence-corrected chi connectivity index (χ3v) is 3.20. The van der Waals surface area contributed by atoms with Crippen LogP contribution in [0.5, 0.6) is 0 Å². The maximum absolute atomic E-state index is 10.9. The van der Waals surface area contributed by atoms with Crippen LogP contribution in [0.4, 0.5) is 11.5 Å². The third-order valence-electron chi connectivity index (χ3n) is 2.13. The van der Waals surface area contributed by atoms with Crippen LogP contribution < -0.4 is 5.32 Å². The number of unbranched alkanes of at least 4 members (excludes halogenated alkanes) is 1. The van der Waals surface area contributed by atoms with Crippen molar-refractivity contribution in [2.24, 2.45) is 0 Å². The maximum atomic E-state index is 10.9. The van der Waals surface area contributed by atoms with Crippen molar-refractivity contribution in [1.82, 2.24) is 4.98 Å². The van der Waals surface area contributed by atoms with Crippen molar-refractivity contribution in [3.05, 3.63) is 22.2 Å². The van der Waals surface area contributed by atoms with Crippen LogP contribution in [0.2, 0.25) is 0 Å². The van der Waals surface area contributed by atoms with Gasteiger partial charge in [0.05, 0.1) is 4.92 Å². The zero-order valence-electron chi connectivity index (χ0n) is 10.1. The summed E-state index contributed by atoms with van der Waals surface area (Å²) in [5.41, 5.74) is 0.0905. The van der Waals surface area contributed by atoms with Crippen LogP contribution in [-0.4, -0.2) is 22.2 Å². The quantitative estimate of drug-likeness (QED) is 0.350. The largest absolute Gasteiger partial charge is 0.370 e. The molecule has 0 saturated carbocycles. The molecule has 0 amide bonds. The van der Waals surface area contributed by atoms with E-state index in [2.05, 4.69) is 17.2 Å². The number of nitrogens with zero attached hydrogens (tertiary/aromatic N) is 2. The summed E-state index contributed by atoms with van der Waals surface area (Å²) in [6.45, 7) is 4.81. The highest BCUT2D eigenvalue weighted by Crippen LogP contribution is 2.29. The molecule has 1 aromatic rings. The minimum Gasteiger partial charge on any atom is -0.370 e. The molecule has 1 N–H and O–H groups in total. The number of thioether (sulfide) groups is 1. The summed E-state index contributed by atoms with van der Waals surface area (Å²) >= 11 is 1.45. The van der Waals surface area contributed by atoms with Crippen LogP contribution in [0.15, 0.2) is 17.2 Å². The molecule has 0 spiro atoms. The Morgan fingerprint density at radius 1 is 1.47 bits per heavy atom. The lowest BCUT2D eigenvalue weighted by molar-refractivity contribution is -0.388. The summed E-state index contributed by atoms with van der Waals surface area (Å²) < 4.78 is 0. The molecule has 0 aliphatic rings. The normalized spacial score (nSPS) is 10.2. The van der Waals surface area contributed by atoms with Gasteiger partial charge < -0.3 is 5.32 Å².